The quantitative estimate of drug-likeness (QED) is 0.693. The summed E-state index contributed by atoms with van der Waals surface area (Å²) in [7, 11) is 0. The third-order valence-electron chi connectivity index (χ3n) is 1.64. The third kappa shape index (κ3) is 3.56. The molecule has 1 aromatic carbocycles. The molecule has 0 aliphatic rings. The smallest absolute Gasteiger partial charge is 0.0454 e. The fourth-order valence-corrected chi connectivity index (χ4v) is 1.11. The maximum Gasteiger partial charge on any atom is 0.0454 e. The highest BCUT2D eigenvalue weighted by Crippen LogP contribution is 2.07. The monoisotopic (exact) mass is 175 g/mol. The maximum atomic E-state index is 10.2. The summed E-state index contributed by atoms with van der Waals surface area (Å²) in [5.74, 6) is -1.04. The van der Waals surface area contributed by atoms with E-state index >= 15 is 0 Å². The normalized spacial score (nSPS) is 11.3. The van der Waals surface area contributed by atoms with Crippen molar-refractivity contribution in [3.8, 4) is 0 Å². The number of hydrogen-bond acceptors (Lipinski definition) is 2. The van der Waals surface area contributed by atoms with E-state index in [9.17, 15) is 9.90 Å². The Morgan fingerprint density at radius 1 is 1.38 bits per heavy atom. The van der Waals surface area contributed by atoms with Crippen molar-refractivity contribution < 1.29 is 9.90 Å². The fourth-order valence-electron chi connectivity index (χ4n) is 1.11. The topological polar surface area (TPSA) is 40.1 Å². The number of carboxylic acid groups (broad SMARTS) is 1. The molecule has 0 bridgehead atoms. The van der Waals surface area contributed by atoms with Crippen molar-refractivity contribution in [1.82, 2.24) is 0 Å². The van der Waals surface area contributed by atoms with E-state index in [1.54, 1.807) is 6.92 Å². The van der Waals surface area contributed by atoms with Crippen molar-refractivity contribution in [2.24, 2.45) is 0 Å². The summed E-state index contributed by atoms with van der Waals surface area (Å²) in [5.41, 5.74) is 1.81. The molecule has 0 amide bonds. The summed E-state index contributed by atoms with van der Waals surface area (Å²) in [4.78, 5) is 10.2. The maximum absolute atomic E-state index is 10.2. The number of aliphatic carboxylic acids is 1. The zero-order valence-corrected chi connectivity index (χ0v) is 7.49. The van der Waals surface area contributed by atoms with Crippen LogP contribution in [0.3, 0.4) is 0 Å². The van der Waals surface area contributed by atoms with Crippen LogP contribution in [0.2, 0.25) is 0 Å². The number of benzene rings is 1. The van der Waals surface area contributed by atoms with Crippen LogP contribution in [0.15, 0.2) is 35.9 Å². The van der Waals surface area contributed by atoms with E-state index in [4.69, 9.17) is 0 Å². The second-order valence-electron chi connectivity index (χ2n) is 2.95. The van der Waals surface area contributed by atoms with Gasteiger partial charge >= 0.3 is 0 Å². The minimum atomic E-state index is -1.04. The van der Waals surface area contributed by atoms with Crippen molar-refractivity contribution in [2.75, 3.05) is 0 Å². The van der Waals surface area contributed by atoms with Gasteiger partial charge in [-0.05, 0) is 12.5 Å². The molecule has 0 radical (unpaired) electrons. The van der Waals surface area contributed by atoms with E-state index in [0.29, 0.717) is 0 Å². The predicted molar refractivity (Wildman–Crippen MR) is 49.7 cm³/mol. The standard InChI is InChI=1S/C11H12O2/c1-9(8-11(12)13)7-10-5-3-2-4-6-10/h2-7H,8H2,1H3,(H,12,13)/p-1/b9-7+. The molecule has 0 fully saturated rings. The van der Waals surface area contributed by atoms with Crippen LogP contribution >= 0.6 is 0 Å². The van der Waals surface area contributed by atoms with E-state index in [1.165, 1.54) is 0 Å². The highest BCUT2D eigenvalue weighted by atomic mass is 16.4. The van der Waals surface area contributed by atoms with Gasteiger partial charge in [-0.2, -0.15) is 0 Å². The van der Waals surface area contributed by atoms with Gasteiger partial charge in [-0.1, -0.05) is 42.0 Å². The summed E-state index contributed by atoms with van der Waals surface area (Å²) in [6.07, 6.45) is 1.84. The molecule has 0 aliphatic heterocycles. The molecule has 0 saturated carbocycles. The fraction of sp³-hybridized carbons (Fsp3) is 0.182. The predicted octanol–water partition coefficient (Wildman–Crippen LogP) is 1.23. The zero-order chi connectivity index (χ0) is 9.68. The van der Waals surface area contributed by atoms with E-state index in [-0.39, 0.29) is 6.42 Å². The van der Waals surface area contributed by atoms with Crippen LogP contribution in [0.5, 0.6) is 0 Å². The summed E-state index contributed by atoms with van der Waals surface area (Å²) in [6, 6.07) is 9.61. The number of carboxylic acids is 1. The molecule has 2 heteroatoms. The van der Waals surface area contributed by atoms with Crippen molar-refractivity contribution in [3.63, 3.8) is 0 Å². The number of carbonyl (C=O) groups excluding carboxylic acids is 1. The average molecular weight is 175 g/mol. The Balaban J connectivity index is 2.71. The van der Waals surface area contributed by atoms with Gasteiger partial charge in [0.1, 0.15) is 0 Å². The van der Waals surface area contributed by atoms with Gasteiger partial charge in [0, 0.05) is 12.4 Å². The molecule has 0 heterocycles. The lowest BCUT2D eigenvalue weighted by Gasteiger charge is -2.01. The van der Waals surface area contributed by atoms with E-state index in [0.717, 1.165) is 11.1 Å². The lowest BCUT2D eigenvalue weighted by Crippen LogP contribution is -2.21. The molecule has 68 valence electrons. The Morgan fingerprint density at radius 3 is 2.54 bits per heavy atom. The van der Waals surface area contributed by atoms with Crippen molar-refractivity contribution in [2.45, 2.75) is 13.3 Å². The highest BCUT2D eigenvalue weighted by Gasteiger charge is 1.91. The minimum Gasteiger partial charge on any atom is -0.550 e. The van der Waals surface area contributed by atoms with Gasteiger partial charge in [0.2, 0.25) is 0 Å². The van der Waals surface area contributed by atoms with Crippen LogP contribution in [0.1, 0.15) is 18.9 Å². The Morgan fingerprint density at radius 2 is 2.00 bits per heavy atom. The Labute approximate surface area is 77.5 Å². The average Bonchev–Trinajstić information content (AvgIpc) is 2.04. The third-order valence-corrected chi connectivity index (χ3v) is 1.64. The van der Waals surface area contributed by atoms with Gasteiger partial charge in [0.15, 0.2) is 0 Å². The second kappa shape index (κ2) is 4.45. The highest BCUT2D eigenvalue weighted by molar-refractivity contribution is 5.70. The first-order valence-corrected chi connectivity index (χ1v) is 4.10. The van der Waals surface area contributed by atoms with Gasteiger partial charge < -0.3 is 9.90 Å². The van der Waals surface area contributed by atoms with Gasteiger partial charge in [-0.25, -0.2) is 0 Å². The van der Waals surface area contributed by atoms with Crippen LogP contribution in [-0.2, 0) is 4.79 Å². The molecule has 0 unspecified atom stereocenters. The number of rotatable bonds is 3. The second-order valence-corrected chi connectivity index (χ2v) is 2.95. The lowest BCUT2D eigenvalue weighted by molar-refractivity contribution is -0.304. The molecular weight excluding hydrogens is 164 g/mol. The summed E-state index contributed by atoms with van der Waals surface area (Å²) in [6.45, 7) is 1.78. The van der Waals surface area contributed by atoms with Crippen LogP contribution in [0.4, 0.5) is 0 Å². The van der Waals surface area contributed by atoms with E-state index in [1.807, 2.05) is 36.4 Å². The zero-order valence-electron chi connectivity index (χ0n) is 7.49. The van der Waals surface area contributed by atoms with Crippen molar-refractivity contribution >= 4 is 12.0 Å². The molecule has 0 N–H and O–H groups in total. The summed E-state index contributed by atoms with van der Waals surface area (Å²) < 4.78 is 0. The van der Waals surface area contributed by atoms with Gasteiger partial charge in [0.25, 0.3) is 0 Å². The molecule has 13 heavy (non-hydrogen) atoms. The van der Waals surface area contributed by atoms with Crippen LogP contribution < -0.4 is 5.11 Å². The minimum absolute atomic E-state index is 0.00507. The lowest BCUT2D eigenvalue weighted by atomic mass is 10.1. The van der Waals surface area contributed by atoms with Crippen LogP contribution in [0, 0.1) is 0 Å². The molecule has 2 nitrogen and oxygen atoms in total. The van der Waals surface area contributed by atoms with Crippen LogP contribution in [-0.4, -0.2) is 5.97 Å². The Bertz CT molecular complexity index is 312. The summed E-state index contributed by atoms with van der Waals surface area (Å²) >= 11 is 0. The molecule has 0 saturated heterocycles. The molecule has 1 aromatic rings. The Hall–Kier alpha value is -1.57. The van der Waals surface area contributed by atoms with E-state index < -0.39 is 5.97 Å². The molecule has 0 aliphatic carbocycles. The SMILES string of the molecule is C/C(=C\c1ccccc1)CC(=O)[O-]. The molecule has 0 atom stereocenters. The Kier molecular flexibility index (Phi) is 3.26. The number of hydrogen-bond donors (Lipinski definition) is 0. The molecular formula is C11H11O2-. The van der Waals surface area contributed by atoms with Crippen molar-refractivity contribution in [3.05, 3.63) is 41.5 Å². The summed E-state index contributed by atoms with van der Waals surface area (Å²) in [5, 5.41) is 10.2. The first-order valence-electron chi connectivity index (χ1n) is 4.10. The van der Waals surface area contributed by atoms with E-state index in [2.05, 4.69) is 0 Å². The first kappa shape index (κ1) is 9.52. The number of carbonyl (C=O) groups is 1. The van der Waals surface area contributed by atoms with Gasteiger partial charge in [-0.15, -0.1) is 0 Å². The largest absolute Gasteiger partial charge is 0.550 e. The van der Waals surface area contributed by atoms with Crippen LogP contribution in [0.25, 0.3) is 6.08 Å². The molecule has 0 spiro atoms. The van der Waals surface area contributed by atoms with Crippen molar-refractivity contribution in [1.29, 1.82) is 0 Å². The first-order chi connectivity index (χ1) is 6.18. The van der Waals surface area contributed by atoms with Gasteiger partial charge in [-0.3, -0.25) is 0 Å². The molecule has 1 rings (SSSR count). The molecule has 0 aromatic heterocycles. The van der Waals surface area contributed by atoms with Gasteiger partial charge in [0.05, 0.1) is 0 Å².